The first-order valence-corrected chi connectivity index (χ1v) is 11.8. The van der Waals surface area contributed by atoms with Gasteiger partial charge in [-0.15, -0.1) is 0 Å². The number of nitrogens with zero attached hydrogens (tertiary/aromatic N) is 4. The van der Waals surface area contributed by atoms with Crippen LogP contribution in [0.2, 0.25) is 10.0 Å². The number of hydrogen-bond acceptors (Lipinski definition) is 5. The van der Waals surface area contributed by atoms with E-state index in [0.717, 1.165) is 28.1 Å². The van der Waals surface area contributed by atoms with Crippen LogP contribution >= 0.6 is 23.2 Å². The van der Waals surface area contributed by atoms with Crippen molar-refractivity contribution in [2.45, 2.75) is 12.1 Å². The lowest BCUT2D eigenvalue weighted by molar-refractivity contribution is 0.222. The van der Waals surface area contributed by atoms with Gasteiger partial charge in [0.1, 0.15) is 30.0 Å². The topological polar surface area (TPSA) is 55.2 Å². The normalized spacial score (nSPS) is 18.2. The zero-order chi connectivity index (χ0) is 24.3. The van der Waals surface area contributed by atoms with E-state index in [-0.39, 0.29) is 5.82 Å². The number of anilines is 2. The molecule has 3 aromatic carbocycles. The molecule has 0 amide bonds. The molecule has 9 heteroatoms. The molecule has 35 heavy (non-hydrogen) atoms. The standard InChI is InChI=1S/C26H20Cl2FN5O/c1-33(2)17-7-3-14(4-8-17)25-22-23(19-12-16(29)6-10-21(19)35-25)32-26-30-13-31-34(26)24(22)18-9-5-15(27)11-20(18)28/h3-13,24-25H,1-2H3,(H,30,31,32)/t24-,25+/m0/s1. The number of aromatic nitrogens is 3. The molecule has 0 saturated carbocycles. The van der Waals surface area contributed by atoms with Gasteiger partial charge >= 0.3 is 0 Å². The van der Waals surface area contributed by atoms with Crippen LogP contribution in [0.25, 0.3) is 5.70 Å². The quantitative estimate of drug-likeness (QED) is 0.350. The summed E-state index contributed by atoms with van der Waals surface area (Å²) in [5.41, 5.74) is 4.99. The Kier molecular flexibility index (Phi) is 5.20. The van der Waals surface area contributed by atoms with Crippen molar-refractivity contribution in [3.05, 3.63) is 105 Å². The second kappa shape index (κ2) is 8.29. The largest absolute Gasteiger partial charge is 0.480 e. The minimum atomic E-state index is -0.485. The SMILES string of the molecule is CN(C)c1ccc([C@H]2Oc3ccc(F)cc3C3=C2[C@H](c2ccc(Cl)cc2Cl)n2ncnc2N3)cc1. The van der Waals surface area contributed by atoms with Gasteiger partial charge in [0, 0.05) is 41.0 Å². The zero-order valence-electron chi connectivity index (χ0n) is 18.8. The van der Waals surface area contributed by atoms with Crippen molar-refractivity contribution in [2.24, 2.45) is 0 Å². The molecule has 6 nitrogen and oxygen atoms in total. The van der Waals surface area contributed by atoms with Crippen LogP contribution in [0.4, 0.5) is 16.0 Å². The molecule has 0 fully saturated rings. The summed E-state index contributed by atoms with van der Waals surface area (Å²) >= 11 is 12.9. The lowest BCUT2D eigenvalue weighted by Crippen LogP contribution is -2.32. The molecular weight excluding hydrogens is 488 g/mol. The second-order valence-corrected chi connectivity index (χ2v) is 9.52. The fourth-order valence-corrected chi connectivity index (χ4v) is 5.20. The molecule has 2 aliphatic heterocycles. The molecule has 2 atom stereocenters. The van der Waals surface area contributed by atoms with Crippen molar-refractivity contribution in [2.75, 3.05) is 24.3 Å². The summed E-state index contributed by atoms with van der Waals surface area (Å²) in [6.45, 7) is 0. The van der Waals surface area contributed by atoms with Gasteiger partial charge in [-0.1, -0.05) is 41.4 Å². The minimum Gasteiger partial charge on any atom is -0.480 e. The first-order valence-electron chi connectivity index (χ1n) is 11.0. The predicted octanol–water partition coefficient (Wildman–Crippen LogP) is 6.35. The number of benzene rings is 3. The molecule has 4 aromatic rings. The van der Waals surface area contributed by atoms with E-state index in [4.69, 9.17) is 27.9 Å². The maximum Gasteiger partial charge on any atom is 0.226 e. The van der Waals surface area contributed by atoms with Crippen molar-refractivity contribution in [1.29, 1.82) is 0 Å². The number of ether oxygens (including phenoxy) is 1. The van der Waals surface area contributed by atoms with E-state index in [1.54, 1.807) is 22.9 Å². The highest BCUT2D eigenvalue weighted by atomic mass is 35.5. The first-order chi connectivity index (χ1) is 16.9. The third kappa shape index (κ3) is 3.63. The fraction of sp³-hybridized carbons (Fsp3) is 0.154. The van der Waals surface area contributed by atoms with Crippen molar-refractivity contribution < 1.29 is 9.13 Å². The Bertz CT molecular complexity index is 1480. The maximum absolute atomic E-state index is 14.4. The smallest absolute Gasteiger partial charge is 0.226 e. The minimum absolute atomic E-state index is 0.358. The average molecular weight is 508 g/mol. The van der Waals surface area contributed by atoms with Crippen LogP contribution in [0.3, 0.4) is 0 Å². The van der Waals surface area contributed by atoms with Crippen LogP contribution in [-0.4, -0.2) is 28.9 Å². The highest BCUT2D eigenvalue weighted by Gasteiger charge is 2.41. The molecule has 0 radical (unpaired) electrons. The summed E-state index contributed by atoms with van der Waals surface area (Å²) in [5.74, 6) is 0.745. The van der Waals surface area contributed by atoms with E-state index in [0.29, 0.717) is 27.3 Å². The van der Waals surface area contributed by atoms with Crippen LogP contribution in [0, 0.1) is 5.82 Å². The van der Waals surface area contributed by atoms with E-state index in [2.05, 4.69) is 15.4 Å². The van der Waals surface area contributed by atoms with E-state index in [1.165, 1.54) is 18.5 Å². The van der Waals surface area contributed by atoms with Crippen LogP contribution < -0.4 is 15.0 Å². The zero-order valence-corrected chi connectivity index (χ0v) is 20.3. The molecule has 176 valence electrons. The molecule has 1 aromatic heterocycles. The molecule has 0 unspecified atom stereocenters. The maximum atomic E-state index is 14.4. The Hall–Kier alpha value is -3.55. The first kappa shape index (κ1) is 21.9. The molecule has 2 aliphatic rings. The van der Waals surface area contributed by atoms with Gasteiger partial charge in [0.15, 0.2) is 0 Å². The summed E-state index contributed by atoms with van der Waals surface area (Å²) in [6, 6.07) is 17.6. The van der Waals surface area contributed by atoms with E-state index in [9.17, 15) is 4.39 Å². The number of fused-ring (bicyclic) bond motifs is 3. The molecule has 0 bridgehead atoms. The third-order valence-corrected chi connectivity index (χ3v) is 6.91. The summed E-state index contributed by atoms with van der Waals surface area (Å²) in [6.07, 6.45) is 0.993. The van der Waals surface area contributed by atoms with E-state index >= 15 is 0 Å². The molecule has 6 rings (SSSR count). The number of nitrogens with one attached hydrogen (secondary N) is 1. The van der Waals surface area contributed by atoms with Crippen molar-refractivity contribution in [3.63, 3.8) is 0 Å². The Morgan fingerprint density at radius 2 is 1.83 bits per heavy atom. The molecule has 3 heterocycles. The van der Waals surface area contributed by atoms with Gasteiger partial charge in [-0.25, -0.2) is 9.07 Å². The van der Waals surface area contributed by atoms with Gasteiger partial charge in [-0.3, -0.25) is 0 Å². The van der Waals surface area contributed by atoms with E-state index in [1.807, 2.05) is 49.3 Å². The Labute approximate surface area is 211 Å². The van der Waals surface area contributed by atoms with Crippen LogP contribution in [0.5, 0.6) is 5.75 Å². The van der Waals surface area contributed by atoms with Gasteiger partial charge in [-0.05, 0) is 53.6 Å². The molecular formula is C26H20Cl2FN5O. The lowest BCUT2D eigenvalue weighted by Gasteiger charge is -2.39. The number of halogens is 3. The highest BCUT2D eigenvalue weighted by Crippen LogP contribution is 2.51. The van der Waals surface area contributed by atoms with Crippen LogP contribution in [0.1, 0.15) is 28.8 Å². The van der Waals surface area contributed by atoms with Gasteiger partial charge < -0.3 is 15.0 Å². The van der Waals surface area contributed by atoms with Gasteiger partial charge in [0.05, 0.1) is 5.70 Å². The number of rotatable bonds is 3. The third-order valence-electron chi connectivity index (χ3n) is 6.35. The predicted molar refractivity (Wildman–Crippen MR) is 136 cm³/mol. The summed E-state index contributed by atoms with van der Waals surface area (Å²) < 4.78 is 22.7. The Balaban J connectivity index is 1.61. The van der Waals surface area contributed by atoms with Gasteiger partial charge in [0.25, 0.3) is 0 Å². The summed E-state index contributed by atoms with van der Waals surface area (Å²) in [4.78, 5) is 6.43. The van der Waals surface area contributed by atoms with Gasteiger partial charge in [-0.2, -0.15) is 10.1 Å². The Morgan fingerprint density at radius 1 is 1.03 bits per heavy atom. The monoisotopic (exact) mass is 507 g/mol. The van der Waals surface area contributed by atoms with Crippen LogP contribution in [0.15, 0.2) is 72.6 Å². The Morgan fingerprint density at radius 3 is 2.57 bits per heavy atom. The molecule has 0 spiro atoms. The molecule has 0 aliphatic carbocycles. The lowest BCUT2D eigenvalue weighted by atomic mass is 9.84. The highest BCUT2D eigenvalue weighted by molar-refractivity contribution is 6.35. The molecule has 1 N–H and O–H groups in total. The summed E-state index contributed by atoms with van der Waals surface area (Å²) in [5, 5.41) is 8.88. The van der Waals surface area contributed by atoms with Crippen molar-refractivity contribution in [1.82, 2.24) is 14.8 Å². The van der Waals surface area contributed by atoms with Gasteiger partial charge in [0.2, 0.25) is 5.95 Å². The van der Waals surface area contributed by atoms with Crippen molar-refractivity contribution in [3.8, 4) is 5.75 Å². The van der Waals surface area contributed by atoms with Crippen molar-refractivity contribution >= 4 is 40.5 Å². The van der Waals surface area contributed by atoms with Crippen LogP contribution in [-0.2, 0) is 0 Å². The number of hydrogen-bond donors (Lipinski definition) is 1. The summed E-state index contributed by atoms with van der Waals surface area (Å²) in [7, 11) is 3.99. The van der Waals surface area contributed by atoms with E-state index < -0.39 is 12.1 Å². The average Bonchev–Trinajstić information content (AvgIpc) is 3.31. The fourth-order valence-electron chi connectivity index (χ4n) is 4.69. The second-order valence-electron chi connectivity index (χ2n) is 8.68. The molecule has 0 saturated heterocycles.